The number of nitrogens with one attached hydrogen (secondary N) is 1. The summed E-state index contributed by atoms with van der Waals surface area (Å²) in [7, 11) is 5.62. The predicted octanol–water partition coefficient (Wildman–Crippen LogP) is 3.74. The molecule has 0 aliphatic heterocycles. The van der Waals surface area contributed by atoms with Gasteiger partial charge in [0.2, 0.25) is 0 Å². The Morgan fingerprint density at radius 2 is 1.83 bits per heavy atom. The lowest BCUT2D eigenvalue weighted by atomic mass is 10.2. The van der Waals surface area contributed by atoms with Crippen LogP contribution in [0.2, 0.25) is 0 Å². The van der Waals surface area contributed by atoms with E-state index in [1.807, 2.05) is 68.4 Å². The predicted molar refractivity (Wildman–Crippen MR) is 126 cm³/mol. The van der Waals surface area contributed by atoms with Crippen molar-refractivity contribution in [1.82, 2.24) is 25.0 Å². The Kier molecular flexibility index (Phi) is 8.44. The van der Waals surface area contributed by atoms with Crippen LogP contribution in [0.5, 0.6) is 11.5 Å². The standard InChI is InChI=1S/C21H26N6O.HI/c1-16-9-5-7-11-18(16)28-19-12-8-6-10-17(19)13-23-21(22-2)26(3)14-20-24-15-25-27(20)4;/h5-12,15H,13-14H2,1-4H3,(H,22,23);1H. The molecule has 3 rings (SSSR count). The molecule has 0 unspecified atom stereocenters. The number of guanidine groups is 1. The second-order valence-electron chi connectivity index (χ2n) is 6.53. The van der Waals surface area contributed by atoms with Crippen molar-refractivity contribution in [3.8, 4) is 11.5 Å². The third-order valence-electron chi connectivity index (χ3n) is 4.48. The van der Waals surface area contributed by atoms with E-state index < -0.39 is 0 Å². The zero-order valence-corrected chi connectivity index (χ0v) is 19.5. The number of aliphatic imine (C=N–C) groups is 1. The topological polar surface area (TPSA) is 67.6 Å². The molecule has 0 aliphatic rings. The summed E-state index contributed by atoms with van der Waals surface area (Å²) in [5.74, 6) is 3.33. The Hall–Kier alpha value is -2.62. The molecule has 1 heterocycles. The van der Waals surface area contributed by atoms with Crippen LogP contribution in [0, 0.1) is 6.92 Å². The largest absolute Gasteiger partial charge is 0.457 e. The van der Waals surface area contributed by atoms with E-state index >= 15 is 0 Å². The van der Waals surface area contributed by atoms with Crippen LogP contribution in [0.25, 0.3) is 0 Å². The molecule has 1 aromatic heterocycles. The monoisotopic (exact) mass is 506 g/mol. The van der Waals surface area contributed by atoms with Gasteiger partial charge in [0.1, 0.15) is 23.7 Å². The van der Waals surface area contributed by atoms with Crippen LogP contribution in [0.3, 0.4) is 0 Å². The number of ether oxygens (including phenoxy) is 1. The molecule has 0 bridgehead atoms. The van der Waals surface area contributed by atoms with E-state index in [1.54, 1.807) is 18.1 Å². The van der Waals surface area contributed by atoms with E-state index in [2.05, 4.69) is 26.5 Å². The molecule has 8 heteroatoms. The molecule has 0 atom stereocenters. The minimum absolute atomic E-state index is 0. The number of hydrogen-bond acceptors (Lipinski definition) is 4. The Morgan fingerprint density at radius 3 is 2.48 bits per heavy atom. The number of para-hydroxylation sites is 2. The van der Waals surface area contributed by atoms with Crippen LogP contribution in [0.1, 0.15) is 17.0 Å². The first-order valence-electron chi connectivity index (χ1n) is 9.14. The molecule has 7 nitrogen and oxygen atoms in total. The van der Waals surface area contributed by atoms with Crippen molar-refractivity contribution < 1.29 is 4.74 Å². The smallest absolute Gasteiger partial charge is 0.194 e. The van der Waals surface area contributed by atoms with Crippen molar-refractivity contribution in [3.05, 3.63) is 71.8 Å². The van der Waals surface area contributed by atoms with Crippen LogP contribution < -0.4 is 10.1 Å². The zero-order chi connectivity index (χ0) is 19.9. The lowest BCUT2D eigenvalue weighted by molar-refractivity contribution is 0.445. The van der Waals surface area contributed by atoms with E-state index in [-0.39, 0.29) is 24.0 Å². The molecule has 0 radical (unpaired) electrons. The molecular formula is C21H27IN6O. The second kappa shape index (κ2) is 10.8. The van der Waals surface area contributed by atoms with Crippen LogP contribution in [0.4, 0.5) is 0 Å². The molecule has 154 valence electrons. The van der Waals surface area contributed by atoms with Gasteiger partial charge in [-0.1, -0.05) is 36.4 Å². The zero-order valence-electron chi connectivity index (χ0n) is 17.2. The maximum Gasteiger partial charge on any atom is 0.194 e. The van der Waals surface area contributed by atoms with Crippen molar-refractivity contribution in [3.63, 3.8) is 0 Å². The minimum atomic E-state index is 0. The fourth-order valence-corrected chi connectivity index (χ4v) is 2.85. The average molecular weight is 506 g/mol. The fraction of sp³-hybridized carbons (Fsp3) is 0.286. The number of nitrogens with zero attached hydrogens (tertiary/aromatic N) is 5. The van der Waals surface area contributed by atoms with Crippen LogP contribution in [-0.4, -0.2) is 39.7 Å². The number of halogens is 1. The second-order valence-corrected chi connectivity index (χ2v) is 6.53. The van der Waals surface area contributed by atoms with Gasteiger partial charge in [0.25, 0.3) is 0 Å². The summed E-state index contributed by atoms with van der Waals surface area (Å²) in [6, 6.07) is 16.0. The quantitative estimate of drug-likeness (QED) is 0.314. The summed E-state index contributed by atoms with van der Waals surface area (Å²) in [6.45, 7) is 3.24. The average Bonchev–Trinajstić information content (AvgIpc) is 3.10. The summed E-state index contributed by atoms with van der Waals surface area (Å²) in [5, 5.41) is 7.51. The highest BCUT2D eigenvalue weighted by Gasteiger charge is 2.12. The highest BCUT2D eigenvalue weighted by Crippen LogP contribution is 2.27. The summed E-state index contributed by atoms with van der Waals surface area (Å²) in [4.78, 5) is 10.7. The van der Waals surface area contributed by atoms with Gasteiger partial charge in [0.05, 0.1) is 6.54 Å². The first-order valence-corrected chi connectivity index (χ1v) is 9.14. The molecule has 0 fully saturated rings. The maximum absolute atomic E-state index is 6.15. The molecule has 3 aromatic rings. The highest BCUT2D eigenvalue weighted by atomic mass is 127. The first-order chi connectivity index (χ1) is 13.6. The normalized spacial score (nSPS) is 11.0. The van der Waals surface area contributed by atoms with Gasteiger partial charge in [-0.05, 0) is 24.6 Å². The summed E-state index contributed by atoms with van der Waals surface area (Å²) in [5.41, 5.74) is 2.16. The lowest BCUT2D eigenvalue weighted by Crippen LogP contribution is -2.38. The third-order valence-corrected chi connectivity index (χ3v) is 4.48. The lowest BCUT2D eigenvalue weighted by Gasteiger charge is -2.22. The van der Waals surface area contributed by atoms with E-state index in [0.29, 0.717) is 13.1 Å². The number of benzene rings is 2. The number of aryl methyl sites for hydroxylation is 2. The fourth-order valence-electron chi connectivity index (χ4n) is 2.85. The van der Waals surface area contributed by atoms with Gasteiger partial charge in [0.15, 0.2) is 5.96 Å². The molecule has 2 aromatic carbocycles. The molecule has 0 saturated heterocycles. The Labute approximate surface area is 188 Å². The van der Waals surface area contributed by atoms with Gasteiger partial charge < -0.3 is 15.0 Å². The molecule has 1 N–H and O–H groups in total. The highest BCUT2D eigenvalue weighted by molar-refractivity contribution is 14.0. The Bertz CT molecular complexity index is 956. The third kappa shape index (κ3) is 5.93. The molecule has 0 saturated carbocycles. The van der Waals surface area contributed by atoms with Gasteiger partial charge in [-0.2, -0.15) is 5.10 Å². The molecule has 29 heavy (non-hydrogen) atoms. The van der Waals surface area contributed by atoms with E-state index in [0.717, 1.165) is 34.4 Å². The van der Waals surface area contributed by atoms with Crippen LogP contribution >= 0.6 is 24.0 Å². The number of rotatable bonds is 6. The van der Waals surface area contributed by atoms with Crippen molar-refractivity contribution in [2.75, 3.05) is 14.1 Å². The van der Waals surface area contributed by atoms with E-state index in [4.69, 9.17) is 4.74 Å². The van der Waals surface area contributed by atoms with Crippen molar-refractivity contribution in [2.24, 2.45) is 12.0 Å². The van der Waals surface area contributed by atoms with Crippen LogP contribution in [0.15, 0.2) is 59.9 Å². The van der Waals surface area contributed by atoms with Gasteiger partial charge in [-0.25, -0.2) is 4.98 Å². The number of aromatic nitrogens is 3. The van der Waals surface area contributed by atoms with Gasteiger partial charge in [-0.3, -0.25) is 9.67 Å². The van der Waals surface area contributed by atoms with Crippen LogP contribution in [-0.2, 0) is 20.1 Å². The first kappa shape index (κ1) is 22.7. The van der Waals surface area contributed by atoms with Gasteiger partial charge in [-0.15, -0.1) is 24.0 Å². The van der Waals surface area contributed by atoms with Crippen molar-refractivity contribution >= 4 is 29.9 Å². The maximum atomic E-state index is 6.15. The summed E-state index contributed by atoms with van der Waals surface area (Å²) < 4.78 is 7.91. The van der Waals surface area contributed by atoms with E-state index in [9.17, 15) is 0 Å². The summed E-state index contributed by atoms with van der Waals surface area (Å²) >= 11 is 0. The molecule has 0 amide bonds. The van der Waals surface area contributed by atoms with Gasteiger partial charge in [0, 0.05) is 33.3 Å². The minimum Gasteiger partial charge on any atom is -0.457 e. The molecule has 0 aliphatic carbocycles. The summed E-state index contributed by atoms with van der Waals surface area (Å²) in [6.07, 6.45) is 1.55. The molecule has 0 spiro atoms. The Balaban J connectivity index is 0.00000300. The molecular weight excluding hydrogens is 479 g/mol. The number of hydrogen-bond donors (Lipinski definition) is 1. The van der Waals surface area contributed by atoms with Crippen molar-refractivity contribution in [2.45, 2.75) is 20.0 Å². The van der Waals surface area contributed by atoms with E-state index in [1.165, 1.54) is 0 Å². The Morgan fingerprint density at radius 1 is 1.14 bits per heavy atom. The van der Waals surface area contributed by atoms with Gasteiger partial charge >= 0.3 is 0 Å². The SMILES string of the molecule is CN=C(NCc1ccccc1Oc1ccccc1C)N(C)Cc1ncnn1C.I. The van der Waals surface area contributed by atoms with Crippen molar-refractivity contribution in [1.29, 1.82) is 0 Å².